The van der Waals surface area contributed by atoms with Crippen LogP contribution in [0.2, 0.25) is 20.1 Å². The monoisotopic (exact) mass is 1030 g/mol. The van der Waals surface area contributed by atoms with Crippen molar-refractivity contribution in [3.05, 3.63) is 162 Å². The number of carboxylic acids is 2. The van der Waals surface area contributed by atoms with Crippen LogP contribution in [0.5, 0.6) is 23.0 Å². The Morgan fingerprint density at radius 3 is 1.33 bits per heavy atom. The lowest BCUT2D eigenvalue weighted by Gasteiger charge is -2.19. The minimum atomic E-state index is -1.13. The molecule has 362 valence electrons. The Balaban J connectivity index is 1.21. The van der Waals surface area contributed by atoms with E-state index in [0.29, 0.717) is 77.2 Å². The molecule has 70 heavy (non-hydrogen) atoms. The molecule has 0 fully saturated rings. The molecule has 0 saturated carbocycles. The number of nitriles is 2. The molecule has 6 rings (SSSR count). The molecule has 0 unspecified atom stereocenters. The molecule has 4 aromatic carbocycles. The van der Waals surface area contributed by atoms with E-state index < -0.39 is 24.0 Å². The van der Waals surface area contributed by atoms with E-state index >= 15 is 0 Å². The predicted octanol–water partition coefficient (Wildman–Crippen LogP) is 8.67. The van der Waals surface area contributed by atoms with Gasteiger partial charge in [-0.2, -0.15) is 10.5 Å². The summed E-state index contributed by atoms with van der Waals surface area (Å²) in [5, 5.41) is 63.6. The minimum absolute atomic E-state index is 0.0164. The van der Waals surface area contributed by atoms with Crippen LogP contribution in [0.1, 0.15) is 57.3 Å². The molecule has 0 aliphatic rings. The highest BCUT2D eigenvalue weighted by Crippen LogP contribution is 2.40. The van der Waals surface area contributed by atoms with Gasteiger partial charge in [0.2, 0.25) is 0 Å². The lowest BCUT2D eigenvalue weighted by molar-refractivity contribution is -0.140. The fourth-order valence-electron chi connectivity index (χ4n) is 6.96. The third kappa shape index (κ3) is 14.2. The maximum Gasteiger partial charge on any atom is 0.320 e. The first-order valence-electron chi connectivity index (χ1n) is 21.4. The van der Waals surface area contributed by atoms with Crippen molar-refractivity contribution in [1.29, 1.82) is 10.5 Å². The molecular formula is C50H44Cl4N6O10. The summed E-state index contributed by atoms with van der Waals surface area (Å²) in [7, 11) is 0. The van der Waals surface area contributed by atoms with E-state index in [-0.39, 0.29) is 87.1 Å². The second kappa shape index (κ2) is 25.8. The summed E-state index contributed by atoms with van der Waals surface area (Å²) in [5.41, 5.74) is 5.30. The van der Waals surface area contributed by atoms with Gasteiger partial charge in [0.1, 0.15) is 73.6 Å². The molecule has 0 spiro atoms. The number of nitrogens with zero attached hydrogens (tertiary/aromatic N) is 4. The van der Waals surface area contributed by atoms with E-state index in [1.54, 1.807) is 85.2 Å². The number of nitrogens with one attached hydrogen (secondary N) is 2. The highest BCUT2D eigenvalue weighted by Gasteiger charge is 2.22. The number of halogens is 4. The van der Waals surface area contributed by atoms with E-state index in [1.165, 1.54) is 12.4 Å². The van der Waals surface area contributed by atoms with Crippen molar-refractivity contribution in [3.63, 3.8) is 0 Å². The predicted molar refractivity (Wildman–Crippen MR) is 260 cm³/mol. The second-order valence-electron chi connectivity index (χ2n) is 15.4. The van der Waals surface area contributed by atoms with Gasteiger partial charge in [-0.15, -0.1) is 0 Å². The summed E-state index contributed by atoms with van der Waals surface area (Å²) >= 11 is 27.6. The van der Waals surface area contributed by atoms with Crippen LogP contribution in [-0.2, 0) is 49.1 Å². The SMILES string of the molecule is N#Cc1cncc(COc2cc(OCc3cccc(-c4cccc(COc5cc(OCc6cncc(C#N)c6)c(CN[C@@H](CCO)C(=O)O)cc5Cl)c4Cl)c3Cl)c(Cl)cc2CN[C@@H](CCO)C(=O)O)c1. The molecule has 2 aromatic heterocycles. The van der Waals surface area contributed by atoms with Crippen molar-refractivity contribution in [2.24, 2.45) is 0 Å². The Bertz CT molecular complexity index is 2720. The number of aliphatic carboxylic acids is 2. The van der Waals surface area contributed by atoms with Crippen LogP contribution in [-0.4, -0.2) is 67.6 Å². The van der Waals surface area contributed by atoms with E-state index in [2.05, 4.69) is 20.6 Å². The summed E-state index contributed by atoms with van der Waals surface area (Å²) < 4.78 is 24.7. The quantitative estimate of drug-likeness (QED) is 0.0314. The second-order valence-corrected chi connectivity index (χ2v) is 17.0. The first-order chi connectivity index (χ1) is 33.8. The van der Waals surface area contributed by atoms with E-state index in [1.807, 2.05) is 12.1 Å². The molecule has 2 atom stereocenters. The average molecular weight is 1030 g/mol. The summed E-state index contributed by atoms with van der Waals surface area (Å²) in [6.45, 7) is -0.671. The number of pyridine rings is 2. The van der Waals surface area contributed by atoms with Crippen LogP contribution in [0.3, 0.4) is 0 Å². The molecule has 0 amide bonds. The zero-order valence-electron chi connectivity index (χ0n) is 37.0. The fourth-order valence-corrected chi connectivity index (χ4v) is 8.00. The Hall–Kier alpha value is -6.70. The Morgan fingerprint density at radius 2 is 0.957 bits per heavy atom. The van der Waals surface area contributed by atoms with Crippen LogP contribution in [0, 0.1) is 22.7 Å². The topological polar surface area (TPSA) is 249 Å². The molecular weight excluding hydrogens is 986 g/mol. The van der Waals surface area contributed by atoms with Crippen LogP contribution in [0.4, 0.5) is 0 Å². The third-order valence-electron chi connectivity index (χ3n) is 10.6. The zero-order valence-corrected chi connectivity index (χ0v) is 40.0. The average Bonchev–Trinajstić information content (AvgIpc) is 3.35. The van der Waals surface area contributed by atoms with Crippen LogP contribution in [0.25, 0.3) is 11.1 Å². The number of hydrogen-bond donors (Lipinski definition) is 6. The standard InChI is InChI=1S/C50H44Cl4N6O10/c51-39-13-35(23-59-41(7-9-61)49(63)64)43(67-25-31-11-29(17-55)19-57-21-31)15-45(39)69-27-33-3-1-5-37(47(33)53)38-6-2-4-34(48(38)54)28-70-46-16-44(68-26-32-12-30(18-56)20-58-22-32)36(14-40(46)52)24-60-42(8-10-62)50(65)66/h1-6,11-16,19-22,41-42,59-62H,7-10,23-28H2,(H,63,64)(H,65,66)/t41-,42-/m0/s1. The van der Waals surface area contributed by atoms with Gasteiger partial charge in [-0.1, -0.05) is 82.8 Å². The van der Waals surface area contributed by atoms with Crippen LogP contribution < -0.4 is 29.6 Å². The molecule has 20 heteroatoms. The first-order valence-corrected chi connectivity index (χ1v) is 22.9. The van der Waals surface area contributed by atoms with E-state index in [9.17, 15) is 40.5 Å². The molecule has 6 N–H and O–H groups in total. The van der Waals surface area contributed by atoms with Gasteiger partial charge in [0.15, 0.2) is 0 Å². The Labute approximate surface area is 422 Å². The van der Waals surface area contributed by atoms with Gasteiger partial charge in [0.05, 0.1) is 31.2 Å². The summed E-state index contributed by atoms with van der Waals surface area (Å²) in [6, 6.07) is 22.4. The van der Waals surface area contributed by atoms with E-state index in [0.717, 1.165) is 0 Å². The largest absolute Gasteiger partial charge is 0.488 e. The van der Waals surface area contributed by atoms with Crippen LogP contribution in [0.15, 0.2) is 97.6 Å². The number of carbonyl (C=O) groups is 2. The fraction of sp³-hybridized carbons (Fsp3) is 0.240. The van der Waals surface area contributed by atoms with Crippen molar-refractivity contribution in [2.75, 3.05) is 13.2 Å². The lowest BCUT2D eigenvalue weighted by Crippen LogP contribution is -2.37. The van der Waals surface area contributed by atoms with Gasteiger partial charge in [0.25, 0.3) is 0 Å². The maximum absolute atomic E-state index is 11.8. The Kier molecular flexibility index (Phi) is 19.4. The minimum Gasteiger partial charge on any atom is -0.488 e. The molecule has 0 saturated heterocycles. The summed E-state index contributed by atoms with van der Waals surface area (Å²) in [5.74, 6) is -1.16. The number of aliphatic hydroxyl groups excluding tert-OH is 2. The molecule has 0 aliphatic heterocycles. The van der Waals surface area contributed by atoms with Gasteiger partial charge < -0.3 is 50.0 Å². The number of hydrogen-bond acceptors (Lipinski definition) is 14. The first kappa shape index (κ1) is 52.7. The van der Waals surface area contributed by atoms with Gasteiger partial charge in [-0.25, -0.2) is 0 Å². The number of benzene rings is 4. The van der Waals surface area contributed by atoms with Gasteiger partial charge >= 0.3 is 11.9 Å². The van der Waals surface area contributed by atoms with Crippen LogP contribution >= 0.6 is 46.4 Å². The highest BCUT2D eigenvalue weighted by atomic mass is 35.5. The number of ether oxygens (including phenoxy) is 4. The van der Waals surface area contributed by atoms with Gasteiger partial charge in [-0.3, -0.25) is 19.6 Å². The third-order valence-corrected chi connectivity index (χ3v) is 12.1. The lowest BCUT2D eigenvalue weighted by atomic mass is 10.0. The molecule has 2 heterocycles. The molecule has 6 aromatic rings. The molecule has 0 bridgehead atoms. The van der Waals surface area contributed by atoms with Gasteiger partial charge in [0, 0.05) is 108 Å². The van der Waals surface area contributed by atoms with Crippen molar-refractivity contribution >= 4 is 58.3 Å². The van der Waals surface area contributed by atoms with Crippen molar-refractivity contribution in [3.8, 4) is 46.3 Å². The van der Waals surface area contributed by atoms with Crippen molar-refractivity contribution in [1.82, 2.24) is 20.6 Å². The normalized spacial score (nSPS) is 11.8. The molecule has 0 aliphatic carbocycles. The summed E-state index contributed by atoms with van der Waals surface area (Å²) in [6.07, 6.45) is 5.92. The number of aromatic nitrogens is 2. The van der Waals surface area contributed by atoms with Crippen molar-refractivity contribution in [2.45, 2.75) is 64.4 Å². The zero-order chi connectivity index (χ0) is 50.2. The molecule has 16 nitrogen and oxygen atoms in total. The smallest absolute Gasteiger partial charge is 0.320 e. The summed E-state index contributed by atoms with van der Waals surface area (Å²) in [4.78, 5) is 31.7. The number of aliphatic hydroxyl groups is 2. The number of rotatable bonds is 25. The van der Waals surface area contributed by atoms with Gasteiger partial charge in [-0.05, 0) is 37.1 Å². The highest BCUT2D eigenvalue weighted by molar-refractivity contribution is 6.37. The van der Waals surface area contributed by atoms with E-state index in [4.69, 9.17) is 65.4 Å². The van der Waals surface area contributed by atoms with Crippen molar-refractivity contribution < 1.29 is 49.0 Å². The Morgan fingerprint density at radius 1 is 0.557 bits per heavy atom. The maximum atomic E-state index is 11.8. The molecule has 0 radical (unpaired) electrons. The number of carboxylic acid groups (broad SMARTS) is 2.